The van der Waals surface area contributed by atoms with Crippen molar-refractivity contribution in [3.8, 4) is 5.75 Å². The molecule has 0 saturated carbocycles. The molecule has 1 aromatic heterocycles. The molecular weight excluding hydrogens is 252 g/mol. The minimum atomic E-state index is -0.0452. The van der Waals surface area contributed by atoms with Crippen LogP contribution >= 0.6 is 22.9 Å². The van der Waals surface area contributed by atoms with Crippen LogP contribution in [0, 0.1) is 0 Å². The Hall–Kier alpha value is -0.990. The third kappa shape index (κ3) is 2.07. The number of rotatable bonds is 2. The summed E-state index contributed by atoms with van der Waals surface area (Å²) in [5.41, 5.74) is 2.43. The third-order valence-corrected chi connectivity index (χ3v) is 4.56. The van der Waals surface area contributed by atoms with Crippen LogP contribution in [0.1, 0.15) is 28.3 Å². The zero-order valence-corrected chi connectivity index (χ0v) is 11.1. The molecule has 1 aliphatic heterocycles. The van der Waals surface area contributed by atoms with E-state index in [0.717, 1.165) is 17.7 Å². The summed E-state index contributed by atoms with van der Waals surface area (Å²) in [5.74, 6) is 1.01. The van der Waals surface area contributed by atoms with E-state index in [4.69, 9.17) is 16.3 Å². The van der Waals surface area contributed by atoms with Gasteiger partial charge in [0.05, 0.1) is 5.38 Å². The predicted octanol–water partition coefficient (Wildman–Crippen LogP) is 4.40. The highest BCUT2D eigenvalue weighted by atomic mass is 35.5. The van der Waals surface area contributed by atoms with Crippen LogP contribution in [0.2, 0.25) is 0 Å². The van der Waals surface area contributed by atoms with E-state index >= 15 is 0 Å². The van der Waals surface area contributed by atoms with Crippen LogP contribution in [0.25, 0.3) is 0 Å². The van der Waals surface area contributed by atoms with E-state index in [1.54, 1.807) is 11.3 Å². The van der Waals surface area contributed by atoms with Crippen molar-refractivity contribution in [3.05, 3.63) is 51.7 Å². The van der Waals surface area contributed by atoms with E-state index in [9.17, 15) is 0 Å². The second kappa shape index (κ2) is 4.35. The quantitative estimate of drug-likeness (QED) is 0.731. The Labute approximate surface area is 110 Å². The van der Waals surface area contributed by atoms with E-state index in [0.29, 0.717) is 0 Å². The van der Waals surface area contributed by atoms with Crippen molar-refractivity contribution in [3.63, 3.8) is 0 Å². The van der Waals surface area contributed by atoms with E-state index in [1.165, 1.54) is 10.4 Å². The van der Waals surface area contributed by atoms with Gasteiger partial charge in [-0.1, -0.05) is 18.2 Å². The number of thiophene rings is 1. The molecule has 17 heavy (non-hydrogen) atoms. The first kappa shape index (κ1) is 11.1. The predicted molar refractivity (Wildman–Crippen MR) is 72.3 cm³/mol. The second-order valence-corrected chi connectivity index (χ2v) is 5.79. The van der Waals surface area contributed by atoms with Crippen molar-refractivity contribution in [1.29, 1.82) is 0 Å². The number of halogens is 1. The van der Waals surface area contributed by atoms with Gasteiger partial charge in [0.25, 0.3) is 0 Å². The van der Waals surface area contributed by atoms with Crippen molar-refractivity contribution in [2.75, 3.05) is 0 Å². The van der Waals surface area contributed by atoms with Crippen molar-refractivity contribution in [2.24, 2.45) is 0 Å². The maximum atomic E-state index is 6.48. The maximum absolute atomic E-state index is 6.48. The molecular formula is C14H13ClOS. The van der Waals surface area contributed by atoms with Gasteiger partial charge in [-0.3, -0.25) is 0 Å². The van der Waals surface area contributed by atoms with Crippen molar-refractivity contribution >= 4 is 22.9 Å². The molecule has 2 heterocycles. The molecule has 3 rings (SSSR count). The molecule has 0 amide bonds. The molecule has 0 N–H and O–H groups in total. The van der Waals surface area contributed by atoms with Gasteiger partial charge in [0.15, 0.2) is 0 Å². The molecule has 2 atom stereocenters. The normalized spacial score (nSPS) is 19.8. The Kier molecular flexibility index (Phi) is 2.85. The van der Waals surface area contributed by atoms with Crippen molar-refractivity contribution < 1.29 is 4.74 Å². The summed E-state index contributed by atoms with van der Waals surface area (Å²) >= 11 is 8.18. The van der Waals surface area contributed by atoms with Gasteiger partial charge in [-0.2, -0.15) is 0 Å². The highest BCUT2D eigenvalue weighted by molar-refractivity contribution is 7.10. The number of alkyl halides is 1. The van der Waals surface area contributed by atoms with Crippen molar-refractivity contribution in [2.45, 2.75) is 24.8 Å². The minimum Gasteiger partial charge on any atom is -0.490 e. The molecule has 0 radical (unpaired) electrons. The van der Waals surface area contributed by atoms with Gasteiger partial charge >= 0.3 is 0 Å². The smallest absolute Gasteiger partial charge is 0.123 e. The van der Waals surface area contributed by atoms with Gasteiger partial charge < -0.3 is 4.74 Å². The Morgan fingerprint density at radius 3 is 3.06 bits per heavy atom. The Morgan fingerprint density at radius 2 is 2.29 bits per heavy atom. The molecule has 2 aromatic rings. The third-order valence-electron chi connectivity index (χ3n) is 3.01. The molecule has 1 aliphatic rings. The topological polar surface area (TPSA) is 9.23 Å². The van der Waals surface area contributed by atoms with Crippen LogP contribution < -0.4 is 4.74 Å². The summed E-state index contributed by atoms with van der Waals surface area (Å²) < 4.78 is 5.69. The summed E-state index contributed by atoms with van der Waals surface area (Å²) in [4.78, 5) is 1.19. The molecule has 88 valence electrons. The first-order valence-electron chi connectivity index (χ1n) is 5.71. The lowest BCUT2D eigenvalue weighted by atomic mass is 10.0. The SMILES string of the molecule is CC1Cc2cc(C(Cl)c3cccs3)ccc2O1. The van der Waals surface area contributed by atoms with Gasteiger partial charge in [-0.25, -0.2) is 0 Å². The van der Waals surface area contributed by atoms with Gasteiger partial charge in [-0.05, 0) is 35.6 Å². The zero-order valence-electron chi connectivity index (χ0n) is 9.52. The van der Waals surface area contributed by atoms with Crippen LogP contribution in [0.3, 0.4) is 0 Å². The van der Waals surface area contributed by atoms with Gasteiger partial charge in [-0.15, -0.1) is 22.9 Å². The molecule has 0 spiro atoms. The molecule has 0 fully saturated rings. The standard InChI is InChI=1S/C14H13ClOS/c1-9-7-11-8-10(4-5-12(11)16-9)14(15)13-3-2-6-17-13/h2-6,8-9,14H,7H2,1H3. The molecule has 0 aliphatic carbocycles. The lowest BCUT2D eigenvalue weighted by molar-refractivity contribution is 0.254. The second-order valence-electron chi connectivity index (χ2n) is 4.38. The van der Waals surface area contributed by atoms with Gasteiger partial charge in [0, 0.05) is 11.3 Å². The number of ether oxygens (including phenoxy) is 1. The Morgan fingerprint density at radius 1 is 1.41 bits per heavy atom. The summed E-state index contributed by atoms with van der Waals surface area (Å²) in [6.07, 6.45) is 1.27. The summed E-state index contributed by atoms with van der Waals surface area (Å²) in [7, 11) is 0. The fraction of sp³-hybridized carbons (Fsp3) is 0.286. The van der Waals surface area contributed by atoms with Crippen LogP contribution in [-0.2, 0) is 6.42 Å². The van der Waals surface area contributed by atoms with E-state index < -0.39 is 0 Å². The summed E-state index contributed by atoms with van der Waals surface area (Å²) in [6, 6.07) is 10.4. The summed E-state index contributed by atoms with van der Waals surface area (Å²) in [5, 5.41) is 2.01. The molecule has 2 unspecified atom stereocenters. The lowest BCUT2D eigenvalue weighted by Gasteiger charge is -2.09. The Balaban J connectivity index is 1.93. The average Bonchev–Trinajstić information content (AvgIpc) is 2.94. The fourth-order valence-electron chi connectivity index (χ4n) is 2.20. The molecule has 3 heteroatoms. The first-order valence-corrected chi connectivity index (χ1v) is 7.02. The largest absolute Gasteiger partial charge is 0.490 e. The van der Waals surface area contributed by atoms with Gasteiger partial charge in [0.1, 0.15) is 11.9 Å². The van der Waals surface area contributed by atoms with Crippen LogP contribution in [-0.4, -0.2) is 6.10 Å². The number of hydrogen-bond acceptors (Lipinski definition) is 2. The lowest BCUT2D eigenvalue weighted by Crippen LogP contribution is -2.05. The van der Waals surface area contributed by atoms with Crippen molar-refractivity contribution in [1.82, 2.24) is 0 Å². The molecule has 0 bridgehead atoms. The zero-order chi connectivity index (χ0) is 11.8. The fourth-order valence-corrected chi connectivity index (χ4v) is 3.29. The summed E-state index contributed by atoms with van der Waals surface area (Å²) in [6.45, 7) is 2.09. The monoisotopic (exact) mass is 264 g/mol. The van der Waals surface area contributed by atoms with Gasteiger partial charge in [0.2, 0.25) is 0 Å². The highest BCUT2D eigenvalue weighted by Gasteiger charge is 2.21. The van der Waals surface area contributed by atoms with E-state index in [1.807, 2.05) is 12.1 Å². The number of benzene rings is 1. The molecule has 1 nitrogen and oxygen atoms in total. The van der Waals surface area contributed by atoms with E-state index in [-0.39, 0.29) is 11.5 Å². The average molecular weight is 265 g/mol. The maximum Gasteiger partial charge on any atom is 0.123 e. The molecule has 0 saturated heterocycles. The number of fused-ring (bicyclic) bond motifs is 1. The van der Waals surface area contributed by atoms with Crippen LogP contribution in [0.4, 0.5) is 0 Å². The highest BCUT2D eigenvalue weighted by Crippen LogP contribution is 2.36. The van der Waals surface area contributed by atoms with Crippen LogP contribution in [0.15, 0.2) is 35.7 Å². The number of hydrogen-bond donors (Lipinski definition) is 0. The minimum absolute atomic E-state index is 0.0452. The Bertz CT molecular complexity index is 521. The molecule has 1 aromatic carbocycles. The van der Waals surface area contributed by atoms with E-state index in [2.05, 4.69) is 30.5 Å². The van der Waals surface area contributed by atoms with Crippen LogP contribution in [0.5, 0.6) is 5.75 Å². The first-order chi connectivity index (χ1) is 8.24.